The van der Waals surface area contributed by atoms with Crippen molar-refractivity contribution in [2.75, 3.05) is 18.0 Å². The van der Waals surface area contributed by atoms with Gasteiger partial charge in [0.2, 0.25) is 0 Å². The minimum Gasteiger partial charge on any atom is -0.393 e. The largest absolute Gasteiger partial charge is 0.393 e. The van der Waals surface area contributed by atoms with E-state index in [1.807, 2.05) is 6.92 Å². The molecule has 1 aliphatic rings. The first kappa shape index (κ1) is 12.6. The molecule has 0 radical (unpaired) electrons. The monoisotopic (exact) mass is 255 g/mol. The van der Waals surface area contributed by atoms with Crippen molar-refractivity contribution in [2.24, 2.45) is 5.92 Å². The highest BCUT2D eigenvalue weighted by Crippen LogP contribution is 2.25. The predicted molar refractivity (Wildman–Crippen MR) is 68.4 cm³/mol. The molecule has 5 heteroatoms. The van der Waals surface area contributed by atoms with E-state index in [2.05, 4.69) is 21.8 Å². The first-order valence-corrected chi connectivity index (χ1v) is 6.42. The van der Waals surface area contributed by atoms with Gasteiger partial charge in [0, 0.05) is 25.1 Å². The van der Waals surface area contributed by atoms with Crippen LogP contribution in [0.2, 0.25) is 5.15 Å². The number of piperidine rings is 1. The zero-order valence-corrected chi connectivity index (χ0v) is 11.0. The summed E-state index contributed by atoms with van der Waals surface area (Å²) in [6.07, 6.45) is 1.59. The van der Waals surface area contributed by atoms with Crippen molar-refractivity contribution in [3.8, 4) is 0 Å². The molecule has 0 saturated carbocycles. The van der Waals surface area contributed by atoms with Crippen LogP contribution in [0.4, 0.5) is 5.82 Å². The van der Waals surface area contributed by atoms with Gasteiger partial charge in [0.15, 0.2) is 0 Å². The molecule has 0 amide bonds. The Hall–Kier alpha value is -0.870. The molecule has 1 aromatic heterocycles. The fraction of sp³-hybridized carbons (Fsp3) is 0.667. The fourth-order valence-electron chi connectivity index (χ4n) is 2.31. The molecule has 0 bridgehead atoms. The Morgan fingerprint density at radius 1 is 1.53 bits per heavy atom. The standard InChI is InChI=1S/C12H18ClN3O/c1-3-9-7-16(5-4-10(9)17)12-6-11(13)14-8(2)15-12/h6,9-10,17H,3-5,7H2,1-2H3/t9-,10-/m0/s1. The Bertz CT molecular complexity index is 379. The van der Waals surface area contributed by atoms with Crippen molar-refractivity contribution < 1.29 is 5.11 Å². The second-order valence-electron chi connectivity index (χ2n) is 4.57. The van der Waals surface area contributed by atoms with Crippen molar-refractivity contribution in [2.45, 2.75) is 32.8 Å². The summed E-state index contributed by atoms with van der Waals surface area (Å²) in [4.78, 5) is 10.6. The summed E-state index contributed by atoms with van der Waals surface area (Å²) in [7, 11) is 0. The predicted octanol–water partition coefficient (Wildman–Crippen LogP) is 2.04. The highest BCUT2D eigenvalue weighted by Gasteiger charge is 2.27. The van der Waals surface area contributed by atoms with Crippen LogP contribution in [0.1, 0.15) is 25.6 Å². The maximum atomic E-state index is 9.86. The van der Waals surface area contributed by atoms with Crippen LogP contribution < -0.4 is 4.90 Å². The summed E-state index contributed by atoms with van der Waals surface area (Å²) >= 11 is 5.94. The topological polar surface area (TPSA) is 49.2 Å². The summed E-state index contributed by atoms with van der Waals surface area (Å²) in [6, 6.07) is 1.79. The van der Waals surface area contributed by atoms with Crippen LogP contribution in [0.5, 0.6) is 0 Å². The van der Waals surface area contributed by atoms with Crippen molar-refractivity contribution in [3.05, 3.63) is 17.0 Å². The van der Waals surface area contributed by atoms with Crippen molar-refractivity contribution in [3.63, 3.8) is 0 Å². The van der Waals surface area contributed by atoms with Crippen molar-refractivity contribution in [1.82, 2.24) is 9.97 Å². The number of aliphatic hydroxyl groups excluding tert-OH is 1. The minimum absolute atomic E-state index is 0.186. The molecule has 4 nitrogen and oxygen atoms in total. The Labute approximate surface area is 107 Å². The van der Waals surface area contributed by atoms with E-state index in [1.54, 1.807) is 6.07 Å². The summed E-state index contributed by atoms with van der Waals surface area (Å²) in [5.74, 6) is 1.87. The van der Waals surface area contributed by atoms with Crippen molar-refractivity contribution >= 4 is 17.4 Å². The van der Waals surface area contributed by atoms with Gasteiger partial charge in [-0.25, -0.2) is 9.97 Å². The lowest BCUT2D eigenvalue weighted by atomic mass is 9.92. The third-order valence-corrected chi connectivity index (χ3v) is 3.53. The van der Waals surface area contributed by atoms with Gasteiger partial charge >= 0.3 is 0 Å². The van der Waals surface area contributed by atoms with Gasteiger partial charge in [-0.15, -0.1) is 0 Å². The molecule has 1 saturated heterocycles. The van der Waals surface area contributed by atoms with Crippen LogP contribution in [0.15, 0.2) is 6.07 Å². The molecule has 2 heterocycles. The lowest BCUT2D eigenvalue weighted by molar-refractivity contribution is 0.0858. The number of halogens is 1. The molecule has 2 atom stereocenters. The van der Waals surface area contributed by atoms with E-state index in [1.165, 1.54) is 0 Å². The molecule has 1 aromatic rings. The SMILES string of the molecule is CC[C@H]1CN(c2cc(Cl)nc(C)n2)CC[C@@H]1O. The summed E-state index contributed by atoms with van der Waals surface area (Å²) in [5, 5.41) is 10.3. The molecule has 1 fully saturated rings. The van der Waals surface area contributed by atoms with Gasteiger partial charge in [0.25, 0.3) is 0 Å². The number of aromatic nitrogens is 2. The van der Waals surface area contributed by atoms with Crippen LogP contribution in [0.25, 0.3) is 0 Å². The van der Waals surface area contributed by atoms with Crippen LogP contribution in [-0.2, 0) is 0 Å². The van der Waals surface area contributed by atoms with E-state index < -0.39 is 0 Å². The number of anilines is 1. The number of nitrogens with zero attached hydrogens (tertiary/aromatic N) is 3. The Morgan fingerprint density at radius 2 is 2.29 bits per heavy atom. The molecule has 0 aliphatic carbocycles. The Balaban J connectivity index is 2.17. The lowest BCUT2D eigenvalue weighted by Gasteiger charge is -2.36. The molecular weight excluding hydrogens is 238 g/mol. The normalized spacial score (nSPS) is 25.1. The van der Waals surface area contributed by atoms with Gasteiger partial charge in [0.05, 0.1) is 6.10 Å². The zero-order chi connectivity index (χ0) is 12.4. The highest BCUT2D eigenvalue weighted by atomic mass is 35.5. The number of aliphatic hydroxyl groups is 1. The minimum atomic E-state index is -0.186. The van der Waals surface area contributed by atoms with E-state index in [0.717, 1.165) is 31.7 Å². The zero-order valence-electron chi connectivity index (χ0n) is 10.2. The van der Waals surface area contributed by atoms with Gasteiger partial charge in [0.1, 0.15) is 16.8 Å². The average Bonchev–Trinajstić information content (AvgIpc) is 2.28. The lowest BCUT2D eigenvalue weighted by Crippen LogP contribution is -2.43. The highest BCUT2D eigenvalue weighted by molar-refractivity contribution is 6.29. The maximum Gasteiger partial charge on any atom is 0.134 e. The molecule has 17 heavy (non-hydrogen) atoms. The van der Waals surface area contributed by atoms with E-state index in [-0.39, 0.29) is 6.10 Å². The van der Waals surface area contributed by atoms with Gasteiger partial charge in [-0.2, -0.15) is 0 Å². The molecule has 0 aromatic carbocycles. The number of rotatable bonds is 2. The average molecular weight is 256 g/mol. The van der Waals surface area contributed by atoms with Crippen LogP contribution in [0.3, 0.4) is 0 Å². The van der Waals surface area contributed by atoms with Crippen molar-refractivity contribution in [1.29, 1.82) is 0 Å². The maximum absolute atomic E-state index is 9.86. The molecule has 1 aliphatic heterocycles. The number of aryl methyl sites for hydroxylation is 1. The third kappa shape index (κ3) is 2.87. The van der Waals surface area contributed by atoms with Crippen LogP contribution >= 0.6 is 11.6 Å². The Kier molecular flexibility index (Phi) is 3.84. The Morgan fingerprint density at radius 3 is 2.94 bits per heavy atom. The van der Waals surface area contributed by atoms with E-state index in [0.29, 0.717) is 16.9 Å². The number of hydrogen-bond donors (Lipinski definition) is 1. The summed E-state index contributed by atoms with van der Waals surface area (Å²) in [6.45, 7) is 5.61. The summed E-state index contributed by atoms with van der Waals surface area (Å²) in [5.41, 5.74) is 0. The van der Waals surface area contributed by atoms with E-state index in [9.17, 15) is 5.11 Å². The van der Waals surface area contributed by atoms with Gasteiger partial charge in [-0.3, -0.25) is 0 Å². The van der Waals surface area contributed by atoms with E-state index in [4.69, 9.17) is 11.6 Å². The number of hydrogen-bond acceptors (Lipinski definition) is 4. The first-order valence-electron chi connectivity index (χ1n) is 6.04. The second-order valence-corrected chi connectivity index (χ2v) is 4.95. The molecule has 94 valence electrons. The molecule has 2 rings (SSSR count). The molecular formula is C12H18ClN3O. The first-order chi connectivity index (χ1) is 8.10. The quantitative estimate of drug-likeness (QED) is 0.822. The molecule has 0 spiro atoms. The van der Waals surface area contributed by atoms with Crippen LogP contribution in [-0.4, -0.2) is 34.3 Å². The second kappa shape index (κ2) is 5.19. The fourth-order valence-corrected chi connectivity index (χ4v) is 2.53. The summed E-state index contributed by atoms with van der Waals surface area (Å²) < 4.78 is 0. The third-order valence-electron chi connectivity index (χ3n) is 3.34. The smallest absolute Gasteiger partial charge is 0.134 e. The van der Waals surface area contributed by atoms with Gasteiger partial charge in [-0.1, -0.05) is 18.5 Å². The molecule has 0 unspecified atom stereocenters. The van der Waals surface area contributed by atoms with Gasteiger partial charge < -0.3 is 10.0 Å². The molecule has 1 N–H and O–H groups in total. The van der Waals surface area contributed by atoms with Crippen LogP contribution in [0, 0.1) is 12.8 Å². The van der Waals surface area contributed by atoms with E-state index >= 15 is 0 Å². The van der Waals surface area contributed by atoms with Gasteiger partial charge in [-0.05, 0) is 19.8 Å².